The zero-order valence-electron chi connectivity index (χ0n) is 9.44. The van der Waals surface area contributed by atoms with Gasteiger partial charge < -0.3 is 4.42 Å². The molecule has 0 aromatic carbocycles. The number of hydrogen-bond donors (Lipinski definition) is 0. The summed E-state index contributed by atoms with van der Waals surface area (Å²) in [5.74, 6) is 1.62. The van der Waals surface area contributed by atoms with Crippen LogP contribution in [0.4, 0.5) is 0 Å². The van der Waals surface area contributed by atoms with Crippen LogP contribution in [0, 0.1) is 12.8 Å². The van der Waals surface area contributed by atoms with Gasteiger partial charge >= 0.3 is 0 Å². The number of carbonyl (C=O) groups excluding carboxylic acids is 1. The summed E-state index contributed by atoms with van der Waals surface area (Å²) >= 11 is 1.35. The summed E-state index contributed by atoms with van der Waals surface area (Å²) in [5.41, 5.74) is 0. The van der Waals surface area contributed by atoms with Crippen LogP contribution in [0.1, 0.15) is 38.0 Å². The van der Waals surface area contributed by atoms with E-state index in [1.165, 1.54) is 31.0 Å². The van der Waals surface area contributed by atoms with Crippen molar-refractivity contribution in [2.24, 2.45) is 5.92 Å². The molecule has 1 aliphatic carbocycles. The van der Waals surface area contributed by atoms with Crippen molar-refractivity contribution >= 4 is 17.5 Å². The van der Waals surface area contributed by atoms with Crippen molar-refractivity contribution in [1.29, 1.82) is 0 Å². The maximum Gasteiger partial charge on any atom is 0.276 e. The van der Waals surface area contributed by atoms with E-state index in [2.05, 4.69) is 10.2 Å². The Bertz CT molecular complexity index is 359. The summed E-state index contributed by atoms with van der Waals surface area (Å²) in [7, 11) is 0. The highest BCUT2D eigenvalue weighted by molar-refractivity contribution is 7.99. The Morgan fingerprint density at radius 1 is 1.38 bits per heavy atom. The molecule has 4 nitrogen and oxygen atoms in total. The Morgan fingerprint density at radius 2 is 2.12 bits per heavy atom. The summed E-state index contributed by atoms with van der Waals surface area (Å²) in [5, 5.41) is 8.09. The lowest BCUT2D eigenvalue weighted by Gasteiger charge is -2.19. The topological polar surface area (TPSA) is 56.0 Å². The molecule has 16 heavy (non-hydrogen) atoms. The Balaban J connectivity index is 1.78. The molecule has 2 rings (SSSR count). The van der Waals surface area contributed by atoms with E-state index in [0.717, 1.165) is 12.8 Å². The Kier molecular flexibility index (Phi) is 3.98. The summed E-state index contributed by atoms with van der Waals surface area (Å²) in [6.45, 7) is 1.75. The van der Waals surface area contributed by atoms with Crippen LogP contribution in [0.15, 0.2) is 9.64 Å². The van der Waals surface area contributed by atoms with Gasteiger partial charge in [-0.3, -0.25) is 4.79 Å². The second-order valence-electron chi connectivity index (χ2n) is 4.18. The van der Waals surface area contributed by atoms with Crippen molar-refractivity contribution in [1.82, 2.24) is 10.2 Å². The fourth-order valence-electron chi connectivity index (χ4n) is 2.01. The predicted octanol–water partition coefficient (Wildman–Crippen LogP) is 2.62. The highest BCUT2D eigenvalue weighted by atomic mass is 32.2. The molecule has 1 saturated carbocycles. The number of aryl methyl sites for hydroxylation is 1. The van der Waals surface area contributed by atoms with Gasteiger partial charge in [-0.15, -0.1) is 10.2 Å². The third-order valence-corrected chi connectivity index (χ3v) is 3.75. The molecule has 0 spiro atoms. The highest BCUT2D eigenvalue weighted by Gasteiger charge is 2.21. The lowest BCUT2D eigenvalue weighted by molar-refractivity contribution is -0.121. The molecule has 0 radical (unpaired) electrons. The zero-order valence-corrected chi connectivity index (χ0v) is 10.3. The minimum absolute atomic E-state index is 0.269. The molecule has 0 aliphatic heterocycles. The largest absolute Gasteiger partial charge is 0.416 e. The minimum Gasteiger partial charge on any atom is -0.416 e. The molecule has 0 bridgehead atoms. The quantitative estimate of drug-likeness (QED) is 0.757. The van der Waals surface area contributed by atoms with Crippen molar-refractivity contribution in [3.05, 3.63) is 5.89 Å². The zero-order chi connectivity index (χ0) is 11.4. The number of aromatic nitrogens is 2. The van der Waals surface area contributed by atoms with E-state index < -0.39 is 0 Å². The van der Waals surface area contributed by atoms with Gasteiger partial charge in [-0.2, -0.15) is 0 Å². The van der Waals surface area contributed by atoms with Crippen LogP contribution in [-0.4, -0.2) is 21.7 Å². The van der Waals surface area contributed by atoms with Crippen LogP contribution >= 0.6 is 11.8 Å². The Morgan fingerprint density at radius 3 is 2.75 bits per heavy atom. The third-order valence-electron chi connectivity index (χ3n) is 2.91. The van der Waals surface area contributed by atoms with Crippen LogP contribution in [0.25, 0.3) is 0 Å². The van der Waals surface area contributed by atoms with Crippen molar-refractivity contribution in [2.75, 3.05) is 5.75 Å². The number of carbonyl (C=O) groups is 1. The van der Waals surface area contributed by atoms with Crippen molar-refractivity contribution in [3.63, 3.8) is 0 Å². The number of ketones is 1. The molecule has 0 amide bonds. The Hall–Kier alpha value is -0.840. The average molecular weight is 240 g/mol. The van der Waals surface area contributed by atoms with Crippen LogP contribution in [-0.2, 0) is 4.79 Å². The maximum atomic E-state index is 11.9. The fraction of sp³-hybridized carbons (Fsp3) is 0.727. The number of rotatable bonds is 4. The van der Waals surface area contributed by atoms with Gasteiger partial charge in [0.2, 0.25) is 5.89 Å². The van der Waals surface area contributed by atoms with Crippen molar-refractivity contribution < 1.29 is 9.21 Å². The second-order valence-corrected chi connectivity index (χ2v) is 5.10. The van der Waals surface area contributed by atoms with Gasteiger partial charge in [0, 0.05) is 12.8 Å². The van der Waals surface area contributed by atoms with Crippen LogP contribution < -0.4 is 0 Å². The predicted molar refractivity (Wildman–Crippen MR) is 61.3 cm³/mol. The lowest BCUT2D eigenvalue weighted by Crippen LogP contribution is -2.19. The van der Waals surface area contributed by atoms with Crippen molar-refractivity contribution in [3.8, 4) is 0 Å². The number of thioether (sulfide) groups is 1. The normalized spacial score (nSPS) is 17.6. The highest BCUT2D eigenvalue weighted by Crippen LogP contribution is 2.26. The van der Waals surface area contributed by atoms with Gasteiger partial charge in [-0.1, -0.05) is 31.0 Å². The van der Waals surface area contributed by atoms with Gasteiger partial charge in [0.25, 0.3) is 5.22 Å². The first-order valence-electron chi connectivity index (χ1n) is 5.71. The van der Waals surface area contributed by atoms with E-state index in [1.807, 2.05) is 0 Å². The molecular weight excluding hydrogens is 224 g/mol. The molecule has 0 unspecified atom stereocenters. The van der Waals surface area contributed by atoms with Crippen molar-refractivity contribution in [2.45, 2.75) is 44.3 Å². The van der Waals surface area contributed by atoms with E-state index in [1.54, 1.807) is 6.92 Å². The first-order valence-corrected chi connectivity index (χ1v) is 6.70. The standard InChI is InChI=1S/C11H16N2O2S/c1-8-12-13-11(15-8)16-7-10(14)9-5-3-2-4-6-9/h9H,2-7H2,1H3. The minimum atomic E-state index is 0.269. The monoisotopic (exact) mass is 240 g/mol. The molecule has 0 atom stereocenters. The lowest BCUT2D eigenvalue weighted by atomic mass is 9.87. The third kappa shape index (κ3) is 3.07. The molecule has 5 heteroatoms. The summed E-state index contributed by atoms with van der Waals surface area (Å²) in [6, 6.07) is 0. The van der Waals surface area contributed by atoms with Crippen LogP contribution in [0.2, 0.25) is 0 Å². The number of Topliss-reactive ketones (excluding diaryl/α,β-unsaturated/α-hetero) is 1. The van der Waals surface area contributed by atoms with Gasteiger partial charge in [0.1, 0.15) is 5.78 Å². The maximum absolute atomic E-state index is 11.9. The summed E-state index contributed by atoms with van der Waals surface area (Å²) in [6.07, 6.45) is 5.78. The molecule has 0 N–H and O–H groups in total. The molecule has 1 aliphatic rings. The van der Waals surface area contributed by atoms with Gasteiger partial charge in [-0.05, 0) is 12.8 Å². The van der Waals surface area contributed by atoms with Crippen LogP contribution in [0.5, 0.6) is 0 Å². The first-order chi connectivity index (χ1) is 7.75. The Labute approximate surface area is 99.2 Å². The van der Waals surface area contributed by atoms with Gasteiger partial charge in [-0.25, -0.2) is 0 Å². The number of nitrogens with zero attached hydrogens (tertiary/aromatic N) is 2. The van der Waals surface area contributed by atoms with E-state index >= 15 is 0 Å². The second kappa shape index (κ2) is 5.48. The van der Waals surface area contributed by atoms with Gasteiger partial charge in [0.05, 0.1) is 5.75 Å². The SMILES string of the molecule is Cc1nnc(SCC(=O)C2CCCCC2)o1. The average Bonchev–Trinajstić information content (AvgIpc) is 2.73. The van der Waals surface area contributed by atoms with E-state index in [4.69, 9.17) is 4.42 Å². The van der Waals surface area contributed by atoms with E-state index in [-0.39, 0.29) is 5.92 Å². The number of hydrogen-bond acceptors (Lipinski definition) is 5. The molecule has 1 heterocycles. The molecule has 88 valence electrons. The molecule has 1 fully saturated rings. The van der Waals surface area contributed by atoms with E-state index in [0.29, 0.717) is 22.6 Å². The fourth-order valence-corrected chi connectivity index (χ4v) is 2.79. The molecule has 0 saturated heterocycles. The summed E-state index contributed by atoms with van der Waals surface area (Å²) in [4.78, 5) is 11.9. The van der Waals surface area contributed by atoms with E-state index in [9.17, 15) is 4.79 Å². The first kappa shape index (κ1) is 11.6. The van der Waals surface area contributed by atoms with Gasteiger partial charge in [0.15, 0.2) is 0 Å². The molecule has 1 aromatic heterocycles. The summed E-state index contributed by atoms with van der Waals surface area (Å²) < 4.78 is 5.21. The molecule has 1 aromatic rings. The smallest absolute Gasteiger partial charge is 0.276 e. The van der Waals surface area contributed by atoms with Crippen LogP contribution in [0.3, 0.4) is 0 Å². The molecular formula is C11H16N2O2S.